The van der Waals surface area contributed by atoms with Gasteiger partial charge in [-0.2, -0.15) is 0 Å². The van der Waals surface area contributed by atoms with E-state index < -0.39 is 0 Å². The minimum Gasteiger partial charge on any atom is -0.496 e. The van der Waals surface area contributed by atoms with Gasteiger partial charge in [-0.3, -0.25) is 0 Å². The Morgan fingerprint density at radius 2 is 2.18 bits per heavy atom. The predicted octanol–water partition coefficient (Wildman–Crippen LogP) is 2.93. The van der Waals surface area contributed by atoms with Crippen molar-refractivity contribution in [3.05, 3.63) is 29.3 Å². The highest BCUT2D eigenvalue weighted by atomic mass is 16.5. The Morgan fingerprint density at radius 3 is 2.82 bits per heavy atom. The van der Waals surface area contributed by atoms with Crippen LogP contribution in [0.5, 0.6) is 5.75 Å². The van der Waals surface area contributed by atoms with Crippen molar-refractivity contribution in [2.24, 2.45) is 5.92 Å². The van der Waals surface area contributed by atoms with Gasteiger partial charge in [0.15, 0.2) is 0 Å². The van der Waals surface area contributed by atoms with Gasteiger partial charge >= 0.3 is 0 Å². The molecule has 2 rings (SSSR count). The summed E-state index contributed by atoms with van der Waals surface area (Å²) in [6.07, 6.45) is 5.24. The molecule has 0 heterocycles. The molecule has 2 unspecified atom stereocenters. The molecule has 0 aromatic heterocycles. The molecular weight excluding hydrogens is 210 g/mol. The fourth-order valence-electron chi connectivity index (χ4n) is 3.03. The monoisotopic (exact) mass is 233 g/mol. The predicted molar refractivity (Wildman–Crippen MR) is 71.6 cm³/mol. The van der Waals surface area contributed by atoms with E-state index in [-0.39, 0.29) is 0 Å². The number of rotatable bonds is 4. The second-order valence-electron chi connectivity index (χ2n) is 5.09. The minimum absolute atomic E-state index is 0.706. The highest BCUT2D eigenvalue weighted by Gasteiger charge is 2.25. The Hall–Kier alpha value is -1.02. The van der Waals surface area contributed by atoms with E-state index >= 15 is 0 Å². The fourth-order valence-corrected chi connectivity index (χ4v) is 3.03. The molecule has 1 aliphatic rings. The highest BCUT2D eigenvalue weighted by Crippen LogP contribution is 2.29. The zero-order valence-corrected chi connectivity index (χ0v) is 11.1. The summed E-state index contributed by atoms with van der Waals surface area (Å²) in [5.74, 6) is 1.79. The second-order valence-corrected chi connectivity index (χ2v) is 5.09. The van der Waals surface area contributed by atoms with Crippen LogP contribution in [0.4, 0.5) is 0 Å². The van der Waals surface area contributed by atoms with Crippen LogP contribution in [0, 0.1) is 12.8 Å². The molecule has 17 heavy (non-hydrogen) atoms. The fraction of sp³-hybridized carbons (Fsp3) is 0.600. The van der Waals surface area contributed by atoms with Gasteiger partial charge in [-0.15, -0.1) is 0 Å². The molecule has 1 aromatic carbocycles. The summed E-state index contributed by atoms with van der Waals surface area (Å²) in [5, 5.41) is 3.45. The number of aryl methyl sites for hydroxylation is 1. The maximum absolute atomic E-state index is 5.30. The van der Waals surface area contributed by atoms with Crippen LogP contribution in [-0.4, -0.2) is 20.2 Å². The lowest BCUT2D eigenvalue weighted by molar-refractivity contribution is 0.409. The van der Waals surface area contributed by atoms with Gasteiger partial charge < -0.3 is 10.1 Å². The first-order valence-electron chi connectivity index (χ1n) is 6.55. The number of hydrogen-bond acceptors (Lipinski definition) is 2. The van der Waals surface area contributed by atoms with Gasteiger partial charge in [0.2, 0.25) is 0 Å². The van der Waals surface area contributed by atoms with Crippen LogP contribution < -0.4 is 10.1 Å². The molecule has 2 nitrogen and oxygen atoms in total. The Balaban J connectivity index is 2.05. The topological polar surface area (TPSA) is 21.3 Å². The van der Waals surface area contributed by atoms with E-state index in [4.69, 9.17) is 4.74 Å². The van der Waals surface area contributed by atoms with E-state index in [2.05, 4.69) is 37.5 Å². The molecule has 0 aliphatic heterocycles. The van der Waals surface area contributed by atoms with Crippen molar-refractivity contribution in [2.45, 2.75) is 38.6 Å². The van der Waals surface area contributed by atoms with E-state index in [0.29, 0.717) is 6.04 Å². The lowest BCUT2D eigenvalue weighted by atomic mass is 9.94. The summed E-state index contributed by atoms with van der Waals surface area (Å²) in [6, 6.07) is 7.27. The molecule has 1 N–H and O–H groups in total. The van der Waals surface area contributed by atoms with Gasteiger partial charge in [0.25, 0.3) is 0 Å². The van der Waals surface area contributed by atoms with Crippen LogP contribution >= 0.6 is 0 Å². The standard InChI is InChI=1S/C15H23NO/c1-11-9-12(7-8-15(11)17-3)10-13-5-4-6-14(13)16-2/h7-9,13-14,16H,4-6,10H2,1-3H3. The van der Waals surface area contributed by atoms with Crippen LogP contribution in [-0.2, 0) is 6.42 Å². The first-order chi connectivity index (χ1) is 8.24. The van der Waals surface area contributed by atoms with E-state index in [0.717, 1.165) is 11.7 Å². The Labute approximate surface area is 104 Å². The molecule has 2 heteroatoms. The van der Waals surface area contributed by atoms with Crippen LogP contribution in [0.25, 0.3) is 0 Å². The maximum Gasteiger partial charge on any atom is 0.121 e. The number of benzene rings is 1. The lowest BCUT2D eigenvalue weighted by Gasteiger charge is -2.19. The highest BCUT2D eigenvalue weighted by molar-refractivity contribution is 5.36. The van der Waals surface area contributed by atoms with Crippen molar-refractivity contribution >= 4 is 0 Å². The van der Waals surface area contributed by atoms with Crippen LogP contribution in [0.3, 0.4) is 0 Å². The Morgan fingerprint density at radius 1 is 1.35 bits per heavy atom. The van der Waals surface area contributed by atoms with Crippen molar-refractivity contribution in [3.8, 4) is 5.75 Å². The van der Waals surface area contributed by atoms with Gasteiger partial charge in [0.05, 0.1) is 7.11 Å². The maximum atomic E-state index is 5.30. The number of ether oxygens (including phenoxy) is 1. The first kappa shape index (κ1) is 12.4. The summed E-state index contributed by atoms with van der Waals surface area (Å²) in [5.41, 5.74) is 2.68. The van der Waals surface area contributed by atoms with E-state index in [1.165, 1.54) is 36.8 Å². The third kappa shape index (κ3) is 2.81. The van der Waals surface area contributed by atoms with Crippen molar-refractivity contribution in [1.29, 1.82) is 0 Å². The van der Waals surface area contributed by atoms with E-state index in [9.17, 15) is 0 Å². The SMILES string of the molecule is CNC1CCCC1Cc1ccc(OC)c(C)c1. The summed E-state index contributed by atoms with van der Waals surface area (Å²) >= 11 is 0. The largest absolute Gasteiger partial charge is 0.496 e. The Kier molecular flexibility index (Phi) is 4.06. The smallest absolute Gasteiger partial charge is 0.121 e. The molecule has 1 aromatic rings. The lowest BCUT2D eigenvalue weighted by Crippen LogP contribution is -2.30. The molecule has 1 aliphatic carbocycles. The second kappa shape index (κ2) is 5.54. The first-order valence-corrected chi connectivity index (χ1v) is 6.55. The van der Waals surface area contributed by atoms with Crippen LogP contribution in [0.15, 0.2) is 18.2 Å². The summed E-state index contributed by atoms with van der Waals surface area (Å²) in [6.45, 7) is 2.12. The summed E-state index contributed by atoms with van der Waals surface area (Å²) in [4.78, 5) is 0. The zero-order valence-electron chi connectivity index (χ0n) is 11.1. The third-order valence-electron chi connectivity index (χ3n) is 3.99. The average Bonchev–Trinajstić information content (AvgIpc) is 2.76. The molecule has 0 saturated heterocycles. The Bertz CT molecular complexity index is 375. The van der Waals surface area contributed by atoms with Gasteiger partial charge in [-0.25, -0.2) is 0 Å². The zero-order chi connectivity index (χ0) is 12.3. The van der Waals surface area contributed by atoms with Crippen LogP contribution in [0.2, 0.25) is 0 Å². The average molecular weight is 233 g/mol. The van der Waals surface area contributed by atoms with E-state index in [1.807, 2.05) is 0 Å². The third-order valence-corrected chi connectivity index (χ3v) is 3.99. The number of hydrogen-bond donors (Lipinski definition) is 1. The molecule has 0 spiro atoms. The number of nitrogens with one attached hydrogen (secondary N) is 1. The quantitative estimate of drug-likeness (QED) is 0.863. The minimum atomic E-state index is 0.706. The molecule has 94 valence electrons. The molecule has 0 bridgehead atoms. The van der Waals surface area contributed by atoms with Crippen molar-refractivity contribution in [3.63, 3.8) is 0 Å². The van der Waals surface area contributed by atoms with Crippen molar-refractivity contribution < 1.29 is 4.74 Å². The molecule has 0 amide bonds. The molecular formula is C15H23NO. The molecule has 2 atom stereocenters. The molecule has 1 fully saturated rings. The summed E-state index contributed by atoms with van der Waals surface area (Å²) < 4.78 is 5.30. The normalized spacial score (nSPS) is 23.9. The number of methoxy groups -OCH3 is 1. The van der Waals surface area contributed by atoms with Gasteiger partial charge in [0.1, 0.15) is 5.75 Å². The molecule has 0 radical (unpaired) electrons. The van der Waals surface area contributed by atoms with E-state index in [1.54, 1.807) is 7.11 Å². The van der Waals surface area contributed by atoms with Crippen LogP contribution in [0.1, 0.15) is 30.4 Å². The molecule has 1 saturated carbocycles. The van der Waals surface area contributed by atoms with Gasteiger partial charge in [0, 0.05) is 6.04 Å². The summed E-state index contributed by atoms with van der Waals surface area (Å²) in [7, 11) is 3.82. The van der Waals surface area contributed by atoms with Gasteiger partial charge in [-0.05, 0) is 56.3 Å². The van der Waals surface area contributed by atoms with Crippen molar-refractivity contribution in [1.82, 2.24) is 5.32 Å². The van der Waals surface area contributed by atoms with Gasteiger partial charge in [-0.1, -0.05) is 18.6 Å². The van der Waals surface area contributed by atoms with Crippen molar-refractivity contribution in [2.75, 3.05) is 14.2 Å².